The van der Waals surface area contributed by atoms with Gasteiger partial charge in [0.25, 0.3) is 0 Å². The van der Waals surface area contributed by atoms with Gasteiger partial charge in [0, 0.05) is 53.0 Å². The molecule has 0 aliphatic rings. The summed E-state index contributed by atoms with van der Waals surface area (Å²) in [4.78, 5) is 10.3. The first-order valence-electron chi connectivity index (χ1n) is 17.1. The van der Waals surface area contributed by atoms with Crippen molar-refractivity contribution in [2.45, 2.75) is 0 Å². The maximum Gasteiger partial charge on any atom is 0.160 e. The molecule has 4 heterocycles. The molecule has 0 bridgehead atoms. The number of hydrogen-bond donors (Lipinski definition) is 0. The van der Waals surface area contributed by atoms with Gasteiger partial charge >= 0.3 is 0 Å². The molecule has 4 nitrogen and oxygen atoms in total. The Labute approximate surface area is 296 Å². The van der Waals surface area contributed by atoms with Crippen molar-refractivity contribution in [3.05, 3.63) is 164 Å². The maximum absolute atomic E-state index is 6.33. The lowest BCUT2D eigenvalue weighted by Crippen LogP contribution is -1.95. The number of aromatic nitrogens is 3. The van der Waals surface area contributed by atoms with Crippen LogP contribution in [0.15, 0.2) is 168 Å². The molecule has 0 aliphatic heterocycles. The summed E-state index contributed by atoms with van der Waals surface area (Å²) in [5, 5.41) is 7.22. The minimum atomic E-state index is 0.719. The fourth-order valence-corrected chi connectivity index (χ4v) is 9.15. The molecule has 0 radical (unpaired) electrons. The van der Waals surface area contributed by atoms with E-state index in [2.05, 4.69) is 132 Å². The first-order valence-corrected chi connectivity index (χ1v) is 17.9. The number of benzene rings is 7. The monoisotopic (exact) mass is 669 g/mol. The third kappa shape index (κ3) is 4.25. The molecule has 0 saturated heterocycles. The van der Waals surface area contributed by atoms with Crippen molar-refractivity contribution in [3.63, 3.8) is 0 Å². The van der Waals surface area contributed by atoms with Crippen LogP contribution in [0.5, 0.6) is 0 Å². The Hall–Kier alpha value is -6.56. The highest BCUT2D eigenvalue weighted by Crippen LogP contribution is 2.47. The van der Waals surface area contributed by atoms with Crippen molar-refractivity contribution in [2.24, 2.45) is 0 Å². The Kier molecular flexibility index (Phi) is 6.09. The fourth-order valence-electron chi connectivity index (χ4n) is 7.77. The molecule has 51 heavy (non-hydrogen) atoms. The van der Waals surface area contributed by atoms with E-state index in [1.54, 1.807) is 0 Å². The van der Waals surface area contributed by atoms with Crippen LogP contribution in [-0.2, 0) is 0 Å². The SMILES string of the molecule is c1ccc(-c2cc(-c3cccc4c3sc3c4ccc4c3c3ccccc3n4-c3cccc4oc5ccccc5c34)nc(-c3ccccc3)n2)cc1. The molecule has 4 aromatic heterocycles. The average Bonchev–Trinajstić information content (AvgIpc) is 3.88. The summed E-state index contributed by atoms with van der Waals surface area (Å²) in [6, 6.07) is 57.5. The van der Waals surface area contributed by atoms with Gasteiger partial charge in [0.15, 0.2) is 5.82 Å². The summed E-state index contributed by atoms with van der Waals surface area (Å²) in [7, 11) is 0. The standard InChI is InChI=1S/C46H27N3OS/c1-3-13-28(14-4-1)35-27-36(48-46(47-35)29-15-5-2-6-16-29)32-20-11-19-30-31-25-26-39-43(45(31)51-44(30)32)33-17-7-9-21-37(33)49(39)38-22-12-24-41-42(38)34-18-8-10-23-40(34)50-41/h1-27H. The van der Waals surface area contributed by atoms with Crippen LogP contribution in [0.3, 0.4) is 0 Å². The van der Waals surface area contributed by atoms with Crippen molar-refractivity contribution < 1.29 is 4.42 Å². The Morgan fingerprint density at radius 1 is 0.451 bits per heavy atom. The van der Waals surface area contributed by atoms with E-state index in [0.717, 1.165) is 61.5 Å². The smallest absolute Gasteiger partial charge is 0.160 e. The van der Waals surface area contributed by atoms with E-state index in [0.29, 0.717) is 0 Å². The van der Waals surface area contributed by atoms with Crippen LogP contribution >= 0.6 is 11.3 Å². The number of para-hydroxylation sites is 2. The average molecular weight is 670 g/mol. The molecule has 0 atom stereocenters. The van der Waals surface area contributed by atoms with Gasteiger partial charge in [-0.3, -0.25) is 0 Å². The van der Waals surface area contributed by atoms with E-state index >= 15 is 0 Å². The van der Waals surface area contributed by atoms with Crippen LogP contribution in [0, 0.1) is 0 Å². The zero-order valence-electron chi connectivity index (χ0n) is 27.2. The second-order valence-electron chi connectivity index (χ2n) is 12.9. The lowest BCUT2D eigenvalue weighted by molar-refractivity contribution is 0.669. The normalized spacial score (nSPS) is 11.9. The molecular weight excluding hydrogens is 643 g/mol. The quantitative estimate of drug-likeness (QED) is 0.187. The van der Waals surface area contributed by atoms with Crippen LogP contribution < -0.4 is 0 Å². The van der Waals surface area contributed by atoms with Crippen LogP contribution in [-0.4, -0.2) is 14.5 Å². The molecular formula is C46H27N3OS. The van der Waals surface area contributed by atoms with Crippen molar-refractivity contribution in [1.82, 2.24) is 14.5 Å². The third-order valence-corrected chi connectivity index (χ3v) is 11.3. The minimum Gasteiger partial charge on any atom is -0.456 e. The Balaban J connectivity index is 1.20. The van der Waals surface area contributed by atoms with Gasteiger partial charge < -0.3 is 8.98 Å². The molecule has 0 amide bonds. The molecule has 0 N–H and O–H groups in total. The number of fused-ring (bicyclic) bond motifs is 10. The Morgan fingerprint density at radius 3 is 1.98 bits per heavy atom. The van der Waals surface area contributed by atoms with Gasteiger partial charge in [-0.05, 0) is 36.4 Å². The lowest BCUT2D eigenvalue weighted by atomic mass is 10.0. The summed E-state index contributed by atoms with van der Waals surface area (Å²) < 4.78 is 11.2. The zero-order chi connectivity index (χ0) is 33.5. The van der Waals surface area contributed by atoms with Gasteiger partial charge in [-0.25, -0.2) is 9.97 Å². The molecule has 11 aromatic rings. The number of hydrogen-bond acceptors (Lipinski definition) is 4. The van der Waals surface area contributed by atoms with Crippen molar-refractivity contribution in [3.8, 4) is 39.6 Å². The minimum absolute atomic E-state index is 0.719. The largest absolute Gasteiger partial charge is 0.456 e. The van der Waals surface area contributed by atoms with Crippen LogP contribution in [0.2, 0.25) is 0 Å². The Bertz CT molecular complexity index is 3080. The van der Waals surface area contributed by atoms with Gasteiger partial charge in [0.2, 0.25) is 0 Å². The maximum atomic E-state index is 6.33. The predicted octanol–water partition coefficient (Wildman–Crippen LogP) is 12.8. The molecule has 0 aliphatic carbocycles. The molecule has 0 unspecified atom stereocenters. The van der Waals surface area contributed by atoms with Crippen molar-refractivity contribution >= 4 is 75.3 Å². The fraction of sp³-hybridized carbons (Fsp3) is 0. The third-order valence-electron chi connectivity index (χ3n) is 10.0. The van der Waals surface area contributed by atoms with Crippen LogP contribution in [0.25, 0.3) is 104 Å². The topological polar surface area (TPSA) is 43.9 Å². The molecule has 0 fully saturated rings. The van der Waals surface area contributed by atoms with Gasteiger partial charge in [-0.2, -0.15) is 0 Å². The summed E-state index contributed by atoms with van der Waals surface area (Å²) in [6.45, 7) is 0. The summed E-state index contributed by atoms with van der Waals surface area (Å²) in [6.07, 6.45) is 0. The van der Waals surface area contributed by atoms with E-state index in [4.69, 9.17) is 14.4 Å². The van der Waals surface area contributed by atoms with E-state index < -0.39 is 0 Å². The van der Waals surface area contributed by atoms with Gasteiger partial charge in [0.1, 0.15) is 11.2 Å². The molecule has 0 spiro atoms. The summed E-state index contributed by atoms with van der Waals surface area (Å²) in [5.41, 5.74) is 10.2. The molecule has 11 rings (SSSR count). The van der Waals surface area contributed by atoms with E-state index in [-0.39, 0.29) is 0 Å². The molecule has 7 aromatic carbocycles. The van der Waals surface area contributed by atoms with E-state index in [9.17, 15) is 0 Å². The lowest BCUT2D eigenvalue weighted by Gasteiger charge is -2.10. The van der Waals surface area contributed by atoms with Crippen LogP contribution in [0.1, 0.15) is 0 Å². The summed E-state index contributed by atoms with van der Waals surface area (Å²) >= 11 is 1.85. The molecule has 5 heteroatoms. The zero-order valence-corrected chi connectivity index (χ0v) is 28.1. The first kappa shape index (κ1) is 28.3. The Morgan fingerprint density at radius 2 is 1.12 bits per heavy atom. The first-order chi connectivity index (χ1) is 25.3. The second kappa shape index (κ2) is 11.0. The molecule has 238 valence electrons. The van der Waals surface area contributed by atoms with Gasteiger partial charge in [-0.15, -0.1) is 11.3 Å². The van der Waals surface area contributed by atoms with Crippen molar-refractivity contribution in [2.75, 3.05) is 0 Å². The highest BCUT2D eigenvalue weighted by molar-refractivity contribution is 7.27. The number of rotatable bonds is 4. The van der Waals surface area contributed by atoms with E-state index in [1.165, 1.54) is 42.0 Å². The number of thiophene rings is 1. The number of furan rings is 1. The van der Waals surface area contributed by atoms with Crippen LogP contribution in [0.4, 0.5) is 0 Å². The van der Waals surface area contributed by atoms with Crippen molar-refractivity contribution in [1.29, 1.82) is 0 Å². The number of nitrogens with zero attached hydrogens (tertiary/aromatic N) is 3. The van der Waals surface area contributed by atoms with E-state index in [1.807, 2.05) is 47.7 Å². The highest BCUT2D eigenvalue weighted by atomic mass is 32.1. The second-order valence-corrected chi connectivity index (χ2v) is 13.9. The summed E-state index contributed by atoms with van der Waals surface area (Å²) in [5.74, 6) is 0.719. The predicted molar refractivity (Wildman–Crippen MR) is 213 cm³/mol. The highest BCUT2D eigenvalue weighted by Gasteiger charge is 2.22. The molecule has 0 saturated carbocycles. The van der Waals surface area contributed by atoms with Gasteiger partial charge in [0.05, 0.1) is 33.5 Å². The van der Waals surface area contributed by atoms with Gasteiger partial charge in [-0.1, -0.05) is 127 Å².